The first-order valence-corrected chi connectivity index (χ1v) is 7.53. The van der Waals surface area contributed by atoms with Crippen LogP contribution in [0.5, 0.6) is 0 Å². The van der Waals surface area contributed by atoms with E-state index in [9.17, 15) is 19.2 Å². The van der Waals surface area contributed by atoms with Crippen molar-refractivity contribution in [3.63, 3.8) is 0 Å². The standard InChI is InChI=1S/C17H11N5O4/c18-15-14-10(16(25)19-17(14)26)7-13(24)22(15)9-3-1-8(2-4-9)11-5-6-12(23)21-20-11/h1-7H,18H2,(H,21,23)(H,19,25,26). The number of carbonyl (C=O) groups excluding carboxylic acids is 2. The Kier molecular flexibility index (Phi) is 3.29. The van der Waals surface area contributed by atoms with Gasteiger partial charge in [-0.15, -0.1) is 0 Å². The third-order valence-corrected chi connectivity index (χ3v) is 4.05. The number of pyridine rings is 1. The lowest BCUT2D eigenvalue weighted by atomic mass is 10.1. The number of amides is 2. The van der Waals surface area contributed by atoms with E-state index in [2.05, 4.69) is 15.5 Å². The zero-order chi connectivity index (χ0) is 18.4. The van der Waals surface area contributed by atoms with E-state index >= 15 is 0 Å². The predicted octanol–water partition coefficient (Wildman–Crippen LogP) is 0.0536. The molecule has 0 radical (unpaired) electrons. The molecule has 0 atom stereocenters. The summed E-state index contributed by atoms with van der Waals surface area (Å²) in [6, 6.07) is 10.7. The summed E-state index contributed by atoms with van der Waals surface area (Å²) in [5.41, 5.74) is 6.80. The number of nitrogens with two attached hydrogens (primary N) is 1. The number of hydrogen-bond donors (Lipinski definition) is 3. The van der Waals surface area contributed by atoms with Gasteiger partial charge in [-0.3, -0.25) is 29.1 Å². The van der Waals surface area contributed by atoms with Gasteiger partial charge >= 0.3 is 0 Å². The van der Waals surface area contributed by atoms with Gasteiger partial charge < -0.3 is 5.73 Å². The SMILES string of the molecule is Nc1c2c(cc(=O)n1-c1ccc(-c3ccc(=O)[nH]n3)cc1)C(=O)NC2=O. The number of aromatic amines is 1. The monoisotopic (exact) mass is 349 g/mol. The van der Waals surface area contributed by atoms with Gasteiger partial charge in [0, 0.05) is 17.7 Å². The predicted molar refractivity (Wildman–Crippen MR) is 92.1 cm³/mol. The third kappa shape index (κ3) is 2.30. The Balaban J connectivity index is 1.82. The highest BCUT2D eigenvalue weighted by Crippen LogP contribution is 2.24. The lowest BCUT2D eigenvalue weighted by Gasteiger charge is -2.12. The molecule has 4 rings (SSSR count). The molecule has 9 heteroatoms. The minimum absolute atomic E-state index is 0.0130. The van der Waals surface area contributed by atoms with Crippen molar-refractivity contribution in [1.82, 2.24) is 20.1 Å². The molecule has 1 aliphatic heterocycles. The van der Waals surface area contributed by atoms with Crippen molar-refractivity contribution in [1.29, 1.82) is 0 Å². The molecule has 2 aromatic heterocycles. The van der Waals surface area contributed by atoms with E-state index in [0.29, 0.717) is 16.9 Å². The van der Waals surface area contributed by atoms with Crippen LogP contribution in [0.4, 0.5) is 5.82 Å². The molecular formula is C17H11N5O4. The number of nitrogens with one attached hydrogen (secondary N) is 2. The van der Waals surface area contributed by atoms with Crippen molar-refractivity contribution >= 4 is 17.6 Å². The van der Waals surface area contributed by atoms with Gasteiger partial charge in [-0.2, -0.15) is 5.10 Å². The van der Waals surface area contributed by atoms with Gasteiger partial charge in [-0.05, 0) is 18.2 Å². The number of fused-ring (bicyclic) bond motifs is 1. The Morgan fingerprint density at radius 1 is 0.923 bits per heavy atom. The maximum Gasteiger partial charge on any atom is 0.264 e. The fourth-order valence-electron chi connectivity index (χ4n) is 2.83. The summed E-state index contributed by atoms with van der Waals surface area (Å²) in [5, 5.41) is 8.39. The Morgan fingerprint density at radius 3 is 2.31 bits per heavy atom. The Bertz CT molecular complexity index is 1170. The highest BCUT2D eigenvalue weighted by Gasteiger charge is 2.31. The van der Waals surface area contributed by atoms with Gasteiger partial charge in [0.1, 0.15) is 5.82 Å². The van der Waals surface area contributed by atoms with Crippen molar-refractivity contribution in [2.45, 2.75) is 0 Å². The van der Waals surface area contributed by atoms with Crippen molar-refractivity contribution in [3.8, 4) is 16.9 Å². The topological polar surface area (TPSA) is 140 Å². The minimum atomic E-state index is -0.638. The van der Waals surface area contributed by atoms with E-state index in [-0.39, 0.29) is 22.5 Å². The number of hydrogen-bond acceptors (Lipinski definition) is 6. The molecule has 0 spiro atoms. The molecule has 3 heterocycles. The molecule has 3 aromatic rings. The molecule has 9 nitrogen and oxygen atoms in total. The maximum atomic E-state index is 12.4. The molecule has 0 unspecified atom stereocenters. The quantitative estimate of drug-likeness (QED) is 0.559. The molecule has 0 saturated carbocycles. The van der Waals surface area contributed by atoms with Crippen LogP contribution in [0.1, 0.15) is 20.7 Å². The molecule has 0 fully saturated rings. The summed E-state index contributed by atoms with van der Waals surface area (Å²) >= 11 is 0. The van der Waals surface area contributed by atoms with E-state index in [1.807, 2.05) is 0 Å². The number of nitrogen functional groups attached to an aromatic ring is 1. The van der Waals surface area contributed by atoms with Gasteiger partial charge in [0.25, 0.3) is 22.9 Å². The fraction of sp³-hybridized carbons (Fsp3) is 0. The summed E-state index contributed by atoms with van der Waals surface area (Å²) in [7, 11) is 0. The molecule has 1 aromatic carbocycles. The van der Waals surface area contributed by atoms with Gasteiger partial charge in [-0.25, -0.2) is 5.10 Å². The average molecular weight is 349 g/mol. The number of carbonyl (C=O) groups is 2. The lowest BCUT2D eigenvalue weighted by molar-refractivity contribution is 0.0880. The number of imide groups is 1. The second kappa shape index (κ2) is 5.52. The highest BCUT2D eigenvalue weighted by molar-refractivity contribution is 6.23. The molecule has 26 heavy (non-hydrogen) atoms. The molecule has 128 valence electrons. The van der Waals surface area contributed by atoms with Crippen molar-refractivity contribution in [2.75, 3.05) is 5.73 Å². The van der Waals surface area contributed by atoms with Crippen LogP contribution < -0.4 is 22.2 Å². The first kappa shape index (κ1) is 15.5. The first-order chi connectivity index (χ1) is 12.5. The zero-order valence-electron chi connectivity index (χ0n) is 13.1. The van der Waals surface area contributed by atoms with Gasteiger partial charge in [-0.1, -0.05) is 12.1 Å². The number of rotatable bonds is 2. The number of benzene rings is 1. The molecule has 1 aliphatic rings. The van der Waals surface area contributed by atoms with Crippen LogP contribution in [0.3, 0.4) is 0 Å². The largest absolute Gasteiger partial charge is 0.384 e. The second-order valence-corrected chi connectivity index (χ2v) is 5.63. The van der Waals surface area contributed by atoms with Gasteiger partial charge in [0.15, 0.2) is 0 Å². The average Bonchev–Trinajstić information content (AvgIpc) is 2.90. The molecule has 4 N–H and O–H groups in total. The van der Waals surface area contributed by atoms with Crippen LogP contribution in [0.15, 0.2) is 52.1 Å². The number of H-pyrrole nitrogens is 1. The van der Waals surface area contributed by atoms with E-state index in [4.69, 9.17) is 5.73 Å². The normalized spacial score (nSPS) is 12.8. The fourth-order valence-corrected chi connectivity index (χ4v) is 2.83. The number of aromatic nitrogens is 3. The lowest BCUT2D eigenvalue weighted by Crippen LogP contribution is -2.24. The van der Waals surface area contributed by atoms with Crippen LogP contribution in [0.2, 0.25) is 0 Å². The van der Waals surface area contributed by atoms with Crippen molar-refractivity contribution < 1.29 is 9.59 Å². The summed E-state index contributed by atoms with van der Waals surface area (Å²) in [6.45, 7) is 0. The van der Waals surface area contributed by atoms with Crippen LogP contribution in [-0.2, 0) is 0 Å². The third-order valence-electron chi connectivity index (χ3n) is 4.05. The van der Waals surface area contributed by atoms with Crippen LogP contribution in [0, 0.1) is 0 Å². The maximum absolute atomic E-state index is 12.4. The number of nitrogens with zero attached hydrogens (tertiary/aromatic N) is 2. The van der Waals surface area contributed by atoms with Crippen molar-refractivity contribution in [2.24, 2.45) is 0 Å². The summed E-state index contributed by atoms with van der Waals surface area (Å²) in [6.07, 6.45) is 0. The molecule has 0 saturated heterocycles. The first-order valence-electron chi connectivity index (χ1n) is 7.53. The van der Waals surface area contributed by atoms with E-state index in [0.717, 1.165) is 10.6 Å². The molecular weight excluding hydrogens is 338 g/mol. The minimum Gasteiger partial charge on any atom is -0.384 e. The van der Waals surface area contributed by atoms with Gasteiger partial charge in [0.2, 0.25) is 0 Å². The number of anilines is 1. The van der Waals surface area contributed by atoms with Crippen molar-refractivity contribution in [3.05, 3.63) is 74.3 Å². The van der Waals surface area contributed by atoms with Gasteiger partial charge in [0.05, 0.1) is 22.5 Å². The zero-order valence-corrected chi connectivity index (χ0v) is 13.1. The second-order valence-electron chi connectivity index (χ2n) is 5.63. The molecule has 0 aliphatic carbocycles. The van der Waals surface area contributed by atoms with E-state index < -0.39 is 17.4 Å². The Morgan fingerprint density at radius 2 is 1.65 bits per heavy atom. The molecule has 0 bridgehead atoms. The Hall–Kier alpha value is -4.01. The molecule has 2 amide bonds. The highest BCUT2D eigenvalue weighted by atomic mass is 16.2. The van der Waals surface area contributed by atoms with Crippen LogP contribution in [-0.4, -0.2) is 26.6 Å². The van der Waals surface area contributed by atoms with Crippen LogP contribution >= 0.6 is 0 Å². The summed E-state index contributed by atoms with van der Waals surface area (Å²) in [5.74, 6) is -1.38. The smallest absolute Gasteiger partial charge is 0.264 e. The summed E-state index contributed by atoms with van der Waals surface area (Å²) in [4.78, 5) is 47.0. The summed E-state index contributed by atoms with van der Waals surface area (Å²) < 4.78 is 1.15. The van der Waals surface area contributed by atoms with Crippen LogP contribution in [0.25, 0.3) is 16.9 Å². The van der Waals surface area contributed by atoms with E-state index in [1.54, 1.807) is 30.3 Å². The van der Waals surface area contributed by atoms with E-state index in [1.165, 1.54) is 6.07 Å². The Labute approximate surface area is 145 Å².